The smallest absolute Gasteiger partial charge is 0.146 e. The molecule has 0 fully saturated rings. The van der Waals surface area contributed by atoms with Crippen molar-refractivity contribution in [3.63, 3.8) is 0 Å². The van der Waals surface area contributed by atoms with Crippen LogP contribution in [0.25, 0.3) is 11.3 Å². The van der Waals surface area contributed by atoms with Crippen LogP contribution in [0.1, 0.15) is 12.8 Å². The van der Waals surface area contributed by atoms with Crippen molar-refractivity contribution in [2.75, 3.05) is 18.4 Å². The number of aromatic nitrogens is 1. The minimum Gasteiger partial charge on any atom is -0.382 e. The Morgan fingerprint density at radius 3 is 2.78 bits per heavy atom. The van der Waals surface area contributed by atoms with Crippen molar-refractivity contribution >= 4 is 11.9 Å². The van der Waals surface area contributed by atoms with Gasteiger partial charge in [-0.25, -0.2) is 0 Å². The highest BCUT2D eigenvalue weighted by atomic mass is 16.3. The molecule has 0 amide bonds. The Balaban J connectivity index is 1.54. The Hall–Kier alpha value is -2.24. The van der Waals surface area contributed by atoms with Crippen molar-refractivity contribution in [3.8, 4) is 11.3 Å². The van der Waals surface area contributed by atoms with Gasteiger partial charge in [0.25, 0.3) is 0 Å². The molecular formula is C18H22N4O. The summed E-state index contributed by atoms with van der Waals surface area (Å²) in [7, 11) is 0. The lowest BCUT2D eigenvalue weighted by Crippen LogP contribution is -2.37. The monoisotopic (exact) mass is 310 g/mol. The first-order valence-corrected chi connectivity index (χ1v) is 8.00. The highest BCUT2D eigenvalue weighted by Crippen LogP contribution is 2.24. The summed E-state index contributed by atoms with van der Waals surface area (Å²) in [5.41, 5.74) is 3.11. The fourth-order valence-electron chi connectivity index (χ4n) is 2.74. The van der Waals surface area contributed by atoms with E-state index in [0.29, 0.717) is 12.5 Å². The number of nitrogens with zero attached hydrogens (tertiary/aromatic N) is 2. The normalized spacial score (nSPS) is 20.4. The van der Waals surface area contributed by atoms with Crippen molar-refractivity contribution in [2.24, 2.45) is 4.99 Å². The predicted molar refractivity (Wildman–Crippen MR) is 93.7 cm³/mol. The molecule has 3 rings (SSSR count). The van der Waals surface area contributed by atoms with E-state index in [1.807, 2.05) is 36.5 Å². The number of rotatable bonds is 6. The van der Waals surface area contributed by atoms with Crippen LogP contribution in [0.4, 0.5) is 5.69 Å². The van der Waals surface area contributed by atoms with E-state index >= 15 is 0 Å². The average Bonchev–Trinajstić information content (AvgIpc) is 2.60. The number of benzene rings is 1. The lowest BCUT2D eigenvalue weighted by molar-refractivity contribution is 0.154. The predicted octanol–water partition coefficient (Wildman–Crippen LogP) is 2.30. The SMILES string of the molecule is OC1CC(NCCNc2cccnc2-c2ccccc2)CC=N1. The van der Waals surface area contributed by atoms with E-state index in [4.69, 9.17) is 0 Å². The molecule has 1 aliphatic heterocycles. The molecule has 1 aromatic heterocycles. The van der Waals surface area contributed by atoms with Gasteiger partial charge in [0.2, 0.25) is 0 Å². The summed E-state index contributed by atoms with van der Waals surface area (Å²) in [4.78, 5) is 8.46. The maximum absolute atomic E-state index is 9.51. The molecule has 0 spiro atoms. The van der Waals surface area contributed by atoms with Crippen molar-refractivity contribution < 1.29 is 5.11 Å². The van der Waals surface area contributed by atoms with Crippen molar-refractivity contribution in [1.82, 2.24) is 10.3 Å². The van der Waals surface area contributed by atoms with Crippen LogP contribution in [0.5, 0.6) is 0 Å². The van der Waals surface area contributed by atoms with Crippen LogP contribution in [-0.4, -0.2) is 41.7 Å². The van der Waals surface area contributed by atoms with Crippen LogP contribution < -0.4 is 10.6 Å². The summed E-state index contributed by atoms with van der Waals surface area (Å²) < 4.78 is 0. The minimum atomic E-state index is -0.558. The first kappa shape index (κ1) is 15.6. The summed E-state index contributed by atoms with van der Waals surface area (Å²) in [5, 5.41) is 16.4. The average molecular weight is 310 g/mol. The Labute approximate surface area is 136 Å². The molecule has 0 saturated carbocycles. The van der Waals surface area contributed by atoms with Crippen molar-refractivity contribution in [1.29, 1.82) is 0 Å². The number of aliphatic hydroxyl groups excluding tert-OH is 1. The molecule has 0 bridgehead atoms. The van der Waals surface area contributed by atoms with E-state index in [2.05, 4.69) is 32.7 Å². The van der Waals surface area contributed by atoms with Crippen molar-refractivity contribution in [3.05, 3.63) is 48.7 Å². The number of hydrogen-bond acceptors (Lipinski definition) is 5. The third-order valence-corrected chi connectivity index (χ3v) is 3.89. The van der Waals surface area contributed by atoms with Crippen LogP contribution in [0.15, 0.2) is 53.7 Å². The van der Waals surface area contributed by atoms with E-state index in [1.54, 1.807) is 6.21 Å². The molecule has 23 heavy (non-hydrogen) atoms. The maximum Gasteiger partial charge on any atom is 0.146 e. The van der Waals surface area contributed by atoms with Gasteiger partial charge in [0, 0.05) is 43.5 Å². The fraction of sp³-hybridized carbons (Fsp3) is 0.333. The van der Waals surface area contributed by atoms with Crippen LogP contribution in [0.3, 0.4) is 0 Å². The number of nitrogens with one attached hydrogen (secondary N) is 2. The summed E-state index contributed by atoms with van der Waals surface area (Å²) in [6.45, 7) is 1.63. The quantitative estimate of drug-likeness (QED) is 0.716. The van der Waals surface area contributed by atoms with E-state index in [9.17, 15) is 5.11 Å². The molecule has 0 radical (unpaired) electrons. The van der Waals surface area contributed by atoms with E-state index < -0.39 is 6.23 Å². The highest BCUT2D eigenvalue weighted by Gasteiger charge is 2.15. The zero-order valence-electron chi connectivity index (χ0n) is 13.0. The Morgan fingerprint density at radius 1 is 1.09 bits per heavy atom. The fourth-order valence-corrected chi connectivity index (χ4v) is 2.74. The van der Waals surface area contributed by atoms with Crippen LogP contribution in [-0.2, 0) is 0 Å². The third-order valence-electron chi connectivity index (χ3n) is 3.89. The number of aliphatic hydroxyl groups is 1. The third kappa shape index (κ3) is 4.37. The molecule has 5 nitrogen and oxygen atoms in total. The lowest BCUT2D eigenvalue weighted by Gasteiger charge is -2.22. The molecule has 2 heterocycles. The second-order valence-corrected chi connectivity index (χ2v) is 5.63. The van der Waals surface area contributed by atoms with Gasteiger partial charge in [-0.05, 0) is 18.6 Å². The van der Waals surface area contributed by atoms with Gasteiger partial charge in [-0.3, -0.25) is 9.98 Å². The number of hydrogen-bond donors (Lipinski definition) is 3. The lowest BCUT2D eigenvalue weighted by atomic mass is 10.1. The van der Waals surface area contributed by atoms with E-state index in [-0.39, 0.29) is 0 Å². The molecule has 1 aromatic carbocycles. The van der Waals surface area contributed by atoms with Gasteiger partial charge in [0.05, 0.1) is 11.4 Å². The summed E-state index contributed by atoms with van der Waals surface area (Å²) in [6.07, 6.45) is 4.61. The zero-order valence-corrected chi connectivity index (χ0v) is 13.0. The van der Waals surface area contributed by atoms with Crippen molar-refractivity contribution in [2.45, 2.75) is 25.1 Å². The second kappa shape index (κ2) is 7.85. The molecule has 3 N–H and O–H groups in total. The summed E-state index contributed by atoms with van der Waals surface area (Å²) in [5.74, 6) is 0. The maximum atomic E-state index is 9.51. The van der Waals surface area contributed by atoms with Crippen LogP contribution >= 0.6 is 0 Å². The van der Waals surface area contributed by atoms with Crippen LogP contribution in [0, 0.1) is 0 Å². The summed E-state index contributed by atoms with van der Waals surface area (Å²) >= 11 is 0. The molecule has 1 aliphatic rings. The first-order valence-electron chi connectivity index (χ1n) is 8.00. The first-order chi connectivity index (χ1) is 11.3. The van der Waals surface area contributed by atoms with E-state index in [1.165, 1.54) is 0 Å². The Kier molecular flexibility index (Phi) is 5.34. The Bertz CT molecular complexity index is 644. The summed E-state index contributed by atoms with van der Waals surface area (Å²) in [6, 6.07) is 14.5. The molecule has 5 heteroatoms. The molecule has 2 atom stereocenters. The highest BCUT2D eigenvalue weighted by molar-refractivity contribution is 5.73. The van der Waals surface area contributed by atoms with Gasteiger partial charge in [-0.15, -0.1) is 0 Å². The molecule has 2 unspecified atom stereocenters. The van der Waals surface area contributed by atoms with Gasteiger partial charge >= 0.3 is 0 Å². The molecule has 0 saturated heterocycles. The van der Waals surface area contributed by atoms with Gasteiger partial charge in [0.15, 0.2) is 0 Å². The van der Waals surface area contributed by atoms with Gasteiger partial charge in [-0.1, -0.05) is 30.3 Å². The van der Waals surface area contributed by atoms with Gasteiger partial charge in [0.1, 0.15) is 6.23 Å². The molecule has 120 valence electrons. The topological polar surface area (TPSA) is 69.5 Å². The zero-order chi connectivity index (χ0) is 15.9. The van der Waals surface area contributed by atoms with E-state index in [0.717, 1.165) is 36.5 Å². The molecule has 0 aliphatic carbocycles. The Morgan fingerprint density at radius 2 is 1.96 bits per heavy atom. The molecular weight excluding hydrogens is 288 g/mol. The largest absolute Gasteiger partial charge is 0.382 e. The standard InChI is InChI=1S/C18H22N4O/c23-17-13-15(8-10-21-17)19-11-12-20-16-7-4-9-22-18(16)14-5-2-1-3-6-14/h1-7,9-10,15,17,19-20,23H,8,11-13H2. The second-order valence-electron chi connectivity index (χ2n) is 5.63. The van der Waals surface area contributed by atoms with Gasteiger partial charge < -0.3 is 15.7 Å². The number of pyridine rings is 1. The van der Waals surface area contributed by atoms with Crippen LogP contribution in [0.2, 0.25) is 0 Å². The minimum absolute atomic E-state index is 0.298. The van der Waals surface area contributed by atoms with Gasteiger partial charge in [-0.2, -0.15) is 0 Å². The molecule has 2 aromatic rings. The number of aliphatic imine (C=N–C) groups is 1. The number of anilines is 1.